The van der Waals surface area contributed by atoms with Crippen molar-refractivity contribution in [1.82, 2.24) is 4.90 Å². The number of para-hydroxylation sites is 1. The van der Waals surface area contributed by atoms with E-state index in [1.54, 1.807) is 29.2 Å². The van der Waals surface area contributed by atoms with Gasteiger partial charge in [-0.3, -0.25) is 9.10 Å². The highest BCUT2D eigenvalue weighted by atomic mass is 35.5. The fraction of sp³-hybridized carbons (Fsp3) is 0.316. The molecule has 1 saturated heterocycles. The van der Waals surface area contributed by atoms with Crippen LogP contribution in [0.4, 0.5) is 15.8 Å². The van der Waals surface area contributed by atoms with E-state index in [-0.39, 0.29) is 27.5 Å². The second kappa shape index (κ2) is 8.77. The number of halogens is 3. The summed E-state index contributed by atoms with van der Waals surface area (Å²) in [7, 11) is -3.77. The maximum atomic E-state index is 14.0. The van der Waals surface area contributed by atoms with E-state index in [1.165, 1.54) is 18.2 Å². The standard InChI is InChI=1S/C19H20Cl2FN3O3S/c1-29(27,28)25(17-8-4-5-14(20)19(17)21)13-18(26)24-11-9-23(10-12-24)16-7-3-2-6-15(16)22/h2-8H,9-13H2,1H3. The van der Waals surface area contributed by atoms with Crippen molar-refractivity contribution < 1.29 is 17.6 Å². The number of amides is 1. The van der Waals surface area contributed by atoms with Crippen molar-refractivity contribution in [3.8, 4) is 0 Å². The highest BCUT2D eigenvalue weighted by Crippen LogP contribution is 2.33. The first kappa shape index (κ1) is 21.7. The lowest BCUT2D eigenvalue weighted by Crippen LogP contribution is -2.52. The summed E-state index contributed by atoms with van der Waals surface area (Å²) >= 11 is 12.2. The van der Waals surface area contributed by atoms with Crippen LogP contribution in [-0.4, -0.2) is 58.2 Å². The number of nitrogens with zero attached hydrogens (tertiary/aromatic N) is 3. The van der Waals surface area contributed by atoms with E-state index in [1.807, 2.05) is 4.90 Å². The summed E-state index contributed by atoms with van der Waals surface area (Å²) in [5, 5.41) is 0.264. The Morgan fingerprint density at radius 2 is 1.72 bits per heavy atom. The molecule has 0 N–H and O–H groups in total. The summed E-state index contributed by atoms with van der Waals surface area (Å²) in [5.74, 6) is -0.675. The molecule has 29 heavy (non-hydrogen) atoms. The van der Waals surface area contributed by atoms with E-state index in [2.05, 4.69) is 0 Å². The van der Waals surface area contributed by atoms with Crippen molar-refractivity contribution >= 4 is 50.5 Å². The van der Waals surface area contributed by atoms with Crippen LogP contribution in [0.2, 0.25) is 10.0 Å². The SMILES string of the molecule is CS(=O)(=O)N(CC(=O)N1CCN(c2ccccc2F)CC1)c1cccc(Cl)c1Cl. The van der Waals surface area contributed by atoms with E-state index < -0.39 is 16.6 Å². The molecule has 0 saturated carbocycles. The predicted octanol–water partition coefficient (Wildman–Crippen LogP) is 3.25. The number of hydrogen-bond acceptors (Lipinski definition) is 4. The van der Waals surface area contributed by atoms with Crippen LogP contribution in [0.25, 0.3) is 0 Å². The molecule has 3 rings (SSSR count). The molecular formula is C19H20Cl2FN3O3S. The molecular weight excluding hydrogens is 440 g/mol. The zero-order valence-corrected chi connectivity index (χ0v) is 18.0. The van der Waals surface area contributed by atoms with Gasteiger partial charge in [0.1, 0.15) is 12.4 Å². The van der Waals surface area contributed by atoms with Gasteiger partial charge in [0.2, 0.25) is 15.9 Å². The van der Waals surface area contributed by atoms with E-state index in [4.69, 9.17) is 23.2 Å². The van der Waals surface area contributed by atoms with Crippen molar-refractivity contribution in [2.24, 2.45) is 0 Å². The molecule has 1 aliphatic heterocycles. The van der Waals surface area contributed by atoms with Gasteiger partial charge >= 0.3 is 0 Å². The average molecular weight is 460 g/mol. The lowest BCUT2D eigenvalue weighted by atomic mass is 10.2. The Morgan fingerprint density at radius 3 is 2.34 bits per heavy atom. The number of rotatable bonds is 5. The maximum Gasteiger partial charge on any atom is 0.243 e. The van der Waals surface area contributed by atoms with Gasteiger partial charge in [-0.2, -0.15) is 0 Å². The first-order valence-electron chi connectivity index (χ1n) is 8.87. The molecule has 156 valence electrons. The summed E-state index contributed by atoms with van der Waals surface area (Å²) in [6, 6.07) is 11.1. The molecule has 1 aliphatic rings. The van der Waals surface area contributed by atoms with Crippen molar-refractivity contribution in [3.63, 3.8) is 0 Å². The number of carbonyl (C=O) groups is 1. The van der Waals surface area contributed by atoms with Crippen molar-refractivity contribution in [2.45, 2.75) is 0 Å². The van der Waals surface area contributed by atoms with Crippen LogP contribution in [0.3, 0.4) is 0 Å². The van der Waals surface area contributed by atoms with Crippen LogP contribution in [-0.2, 0) is 14.8 Å². The molecule has 1 amide bonds. The van der Waals surface area contributed by atoms with Crippen molar-refractivity contribution in [2.75, 3.05) is 48.2 Å². The predicted molar refractivity (Wildman–Crippen MR) is 114 cm³/mol. The normalized spacial score (nSPS) is 14.8. The molecule has 10 heteroatoms. The van der Waals surface area contributed by atoms with Gasteiger partial charge in [0.15, 0.2) is 0 Å². The van der Waals surface area contributed by atoms with Gasteiger partial charge in [-0.1, -0.05) is 41.4 Å². The van der Waals surface area contributed by atoms with E-state index in [0.717, 1.165) is 10.6 Å². The van der Waals surface area contributed by atoms with Gasteiger partial charge in [-0.05, 0) is 24.3 Å². The molecule has 2 aromatic carbocycles. The maximum absolute atomic E-state index is 14.0. The molecule has 0 radical (unpaired) electrons. The van der Waals surface area contributed by atoms with Gasteiger partial charge in [0.05, 0.1) is 27.7 Å². The van der Waals surface area contributed by atoms with Crippen molar-refractivity contribution in [1.29, 1.82) is 0 Å². The molecule has 6 nitrogen and oxygen atoms in total. The van der Waals surface area contributed by atoms with Crippen LogP contribution in [0.15, 0.2) is 42.5 Å². The lowest BCUT2D eigenvalue weighted by Gasteiger charge is -2.37. The van der Waals surface area contributed by atoms with Crippen LogP contribution in [0.5, 0.6) is 0 Å². The fourth-order valence-electron chi connectivity index (χ4n) is 3.19. The summed E-state index contributed by atoms with van der Waals surface area (Å²) in [6.07, 6.45) is 1.01. The minimum atomic E-state index is -3.77. The molecule has 2 aromatic rings. The van der Waals surface area contributed by atoms with Gasteiger partial charge in [0, 0.05) is 26.2 Å². The quantitative estimate of drug-likeness (QED) is 0.688. The molecule has 0 unspecified atom stereocenters. The molecule has 0 spiro atoms. The summed E-state index contributed by atoms with van der Waals surface area (Å²) in [6.45, 7) is 1.22. The number of hydrogen-bond donors (Lipinski definition) is 0. The van der Waals surface area contributed by atoms with Crippen LogP contribution >= 0.6 is 23.2 Å². The Hall–Kier alpha value is -2.03. The number of piperazine rings is 1. The number of anilines is 2. The second-order valence-electron chi connectivity index (χ2n) is 6.66. The van der Waals surface area contributed by atoms with Gasteiger partial charge in [0.25, 0.3) is 0 Å². The Labute approximate surface area is 179 Å². The minimum absolute atomic E-state index is 0.0664. The third-order valence-electron chi connectivity index (χ3n) is 4.70. The zero-order valence-electron chi connectivity index (χ0n) is 15.7. The molecule has 0 aliphatic carbocycles. The first-order chi connectivity index (χ1) is 13.7. The number of carbonyl (C=O) groups excluding carboxylic acids is 1. The smallest absolute Gasteiger partial charge is 0.243 e. The van der Waals surface area contributed by atoms with E-state index >= 15 is 0 Å². The first-order valence-corrected chi connectivity index (χ1v) is 11.5. The Morgan fingerprint density at radius 1 is 1.07 bits per heavy atom. The largest absolute Gasteiger partial charge is 0.366 e. The topological polar surface area (TPSA) is 60.9 Å². The highest BCUT2D eigenvalue weighted by molar-refractivity contribution is 7.92. The van der Waals surface area contributed by atoms with Gasteiger partial charge in [-0.25, -0.2) is 12.8 Å². The third kappa shape index (κ3) is 4.94. The Kier molecular flexibility index (Phi) is 6.55. The van der Waals surface area contributed by atoms with Crippen molar-refractivity contribution in [3.05, 3.63) is 58.3 Å². The minimum Gasteiger partial charge on any atom is -0.366 e. The van der Waals surface area contributed by atoms with E-state index in [0.29, 0.717) is 31.9 Å². The van der Waals surface area contributed by atoms with Crippen LogP contribution < -0.4 is 9.21 Å². The van der Waals surface area contributed by atoms with Gasteiger partial charge < -0.3 is 9.80 Å². The lowest BCUT2D eigenvalue weighted by molar-refractivity contribution is -0.129. The molecule has 1 heterocycles. The summed E-state index contributed by atoms with van der Waals surface area (Å²) < 4.78 is 39.5. The Bertz CT molecular complexity index is 1010. The monoisotopic (exact) mass is 459 g/mol. The summed E-state index contributed by atoms with van der Waals surface area (Å²) in [4.78, 5) is 16.2. The number of sulfonamides is 1. The summed E-state index contributed by atoms with van der Waals surface area (Å²) in [5.41, 5.74) is 0.642. The zero-order chi connectivity index (χ0) is 21.2. The molecule has 1 fully saturated rings. The molecule has 0 atom stereocenters. The second-order valence-corrected chi connectivity index (χ2v) is 9.35. The molecule has 0 bridgehead atoms. The van der Waals surface area contributed by atoms with E-state index in [9.17, 15) is 17.6 Å². The fourth-order valence-corrected chi connectivity index (χ4v) is 4.50. The Balaban J connectivity index is 1.72. The van der Waals surface area contributed by atoms with Crippen LogP contribution in [0.1, 0.15) is 0 Å². The average Bonchev–Trinajstić information content (AvgIpc) is 2.68. The highest BCUT2D eigenvalue weighted by Gasteiger charge is 2.28. The van der Waals surface area contributed by atoms with Gasteiger partial charge in [-0.15, -0.1) is 0 Å². The van der Waals surface area contributed by atoms with Crippen LogP contribution in [0, 0.1) is 5.82 Å². The number of benzene rings is 2. The third-order valence-corrected chi connectivity index (χ3v) is 6.64. The molecule has 0 aromatic heterocycles.